The number of anilines is 1. The fraction of sp³-hybridized carbons (Fsp3) is 0.238. The zero-order valence-corrected chi connectivity index (χ0v) is 15.8. The molecule has 0 aliphatic carbocycles. The average molecular weight is 350 g/mol. The smallest absolute Gasteiger partial charge is 0.274 e. The van der Waals surface area contributed by atoms with Gasteiger partial charge in [-0.1, -0.05) is 38.6 Å². The largest absolute Gasteiger partial charge is 0.385 e. The first-order chi connectivity index (χ1) is 12.5. The van der Waals surface area contributed by atoms with E-state index in [0.29, 0.717) is 12.2 Å². The molecule has 5 nitrogen and oxygen atoms in total. The highest BCUT2D eigenvalue weighted by Crippen LogP contribution is 2.18. The first-order valence-corrected chi connectivity index (χ1v) is 8.77. The molecule has 1 aromatic carbocycles. The first-order valence-electron chi connectivity index (χ1n) is 8.77. The fourth-order valence-corrected chi connectivity index (χ4v) is 2.45. The van der Waals surface area contributed by atoms with Gasteiger partial charge in [-0.05, 0) is 43.2 Å². The van der Waals surface area contributed by atoms with Crippen molar-refractivity contribution in [3.05, 3.63) is 77.9 Å². The van der Waals surface area contributed by atoms with Crippen molar-refractivity contribution in [1.29, 1.82) is 0 Å². The Morgan fingerprint density at radius 2 is 2.00 bits per heavy atom. The van der Waals surface area contributed by atoms with Gasteiger partial charge in [0.15, 0.2) is 0 Å². The third kappa shape index (κ3) is 4.51. The predicted octanol–water partition coefficient (Wildman–Crippen LogP) is 4.54. The van der Waals surface area contributed by atoms with E-state index in [4.69, 9.17) is 0 Å². The molecule has 2 N–H and O–H groups in total. The number of rotatable bonds is 5. The minimum atomic E-state index is -0.179. The van der Waals surface area contributed by atoms with Gasteiger partial charge in [0, 0.05) is 24.1 Å². The summed E-state index contributed by atoms with van der Waals surface area (Å²) in [7, 11) is 0. The zero-order chi connectivity index (χ0) is 19.1. The van der Waals surface area contributed by atoms with Crippen LogP contribution in [0.4, 0.5) is 5.69 Å². The highest BCUT2D eigenvalue weighted by molar-refractivity contribution is 6.03. The normalized spacial score (nSPS) is 10.0. The number of fused-ring (bicyclic) bond motifs is 1. The molecule has 0 unspecified atom stereocenters. The number of aromatic nitrogens is 2. The van der Waals surface area contributed by atoms with E-state index in [9.17, 15) is 4.79 Å². The molecule has 0 saturated heterocycles. The molecule has 26 heavy (non-hydrogen) atoms. The second-order valence-corrected chi connectivity index (χ2v) is 5.81. The number of nitrogens with zero attached hydrogens (tertiary/aromatic N) is 2. The summed E-state index contributed by atoms with van der Waals surface area (Å²) >= 11 is 0. The van der Waals surface area contributed by atoms with Crippen LogP contribution in [0.1, 0.15) is 42.4 Å². The van der Waals surface area contributed by atoms with Crippen molar-refractivity contribution in [3.8, 4) is 0 Å². The fourth-order valence-electron chi connectivity index (χ4n) is 2.45. The standard InChI is InChI=1S/C19H20N4O.C2H6/c1-13(2)20-11-15-8-7-14(3)16(10-15)22-19(24)17-12-21-18-6-4-5-9-23(17)18;1-2/h4-10,12,20H,1,11H2,2-3H3,(H,22,24);1-2H3. The second kappa shape index (κ2) is 8.85. The van der Waals surface area contributed by atoms with Crippen LogP contribution < -0.4 is 10.6 Å². The van der Waals surface area contributed by atoms with Crippen LogP contribution in [0.2, 0.25) is 0 Å². The second-order valence-electron chi connectivity index (χ2n) is 5.81. The SMILES string of the molecule is C=C(C)NCc1ccc(C)c(NC(=O)c2cnc3ccccn23)c1.CC. The minimum absolute atomic E-state index is 0.179. The number of pyridine rings is 1. The number of benzene rings is 1. The molecule has 0 atom stereocenters. The van der Waals surface area contributed by atoms with Gasteiger partial charge in [-0.2, -0.15) is 0 Å². The summed E-state index contributed by atoms with van der Waals surface area (Å²) in [6.45, 7) is 12.4. The molecule has 0 radical (unpaired) electrons. The molecule has 2 heterocycles. The third-order valence-electron chi connectivity index (χ3n) is 3.79. The summed E-state index contributed by atoms with van der Waals surface area (Å²) < 4.78 is 1.77. The van der Waals surface area contributed by atoms with E-state index >= 15 is 0 Å². The lowest BCUT2D eigenvalue weighted by molar-refractivity contribution is 0.102. The Morgan fingerprint density at radius 1 is 1.23 bits per heavy atom. The van der Waals surface area contributed by atoms with Crippen LogP contribution in [-0.4, -0.2) is 15.3 Å². The molecule has 0 aliphatic rings. The van der Waals surface area contributed by atoms with Gasteiger partial charge in [0.2, 0.25) is 0 Å². The van der Waals surface area contributed by atoms with Crippen molar-refractivity contribution in [3.63, 3.8) is 0 Å². The number of nitrogens with one attached hydrogen (secondary N) is 2. The average Bonchev–Trinajstić information content (AvgIpc) is 3.08. The number of hydrogen-bond acceptors (Lipinski definition) is 3. The number of hydrogen-bond donors (Lipinski definition) is 2. The third-order valence-corrected chi connectivity index (χ3v) is 3.79. The Balaban J connectivity index is 0.00000117. The molecule has 1 amide bonds. The Bertz CT molecular complexity index is 911. The quantitative estimate of drug-likeness (QED) is 0.710. The Labute approximate surface area is 154 Å². The van der Waals surface area contributed by atoms with Gasteiger partial charge < -0.3 is 10.6 Å². The molecule has 0 spiro atoms. The predicted molar refractivity (Wildman–Crippen MR) is 107 cm³/mol. The van der Waals surface area contributed by atoms with Gasteiger partial charge in [0.25, 0.3) is 5.91 Å². The van der Waals surface area contributed by atoms with E-state index < -0.39 is 0 Å². The molecule has 5 heteroatoms. The molecule has 3 rings (SSSR count). The van der Waals surface area contributed by atoms with Crippen molar-refractivity contribution in [2.75, 3.05) is 5.32 Å². The zero-order valence-electron chi connectivity index (χ0n) is 15.8. The number of aryl methyl sites for hydroxylation is 1. The Hall–Kier alpha value is -3.08. The van der Waals surface area contributed by atoms with Crippen LogP contribution in [0.25, 0.3) is 5.65 Å². The highest BCUT2D eigenvalue weighted by atomic mass is 16.1. The number of carbonyl (C=O) groups is 1. The van der Waals surface area contributed by atoms with Gasteiger partial charge in [-0.15, -0.1) is 0 Å². The van der Waals surface area contributed by atoms with E-state index in [0.717, 1.165) is 28.2 Å². The van der Waals surface area contributed by atoms with Gasteiger partial charge in [-0.25, -0.2) is 4.98 Å². The number of imidazole rings is 1. The summed E-state index contributed by atoms with van der Waals surface area (Å²) in [5.41, 5.74) is 5.06. The lowest BCUT2D eigenvalue weighted by Crippen LogP contribution is -2.16. The molecule has 0 saturated carbocycles. The molecular weight excluding hydrogens is 324 g/mol. The molecule has 2 aromatic heterocycles. The van der Waals surface area contributed by atoms with Crippen molar-refractivity contribution >= 4 is 17.2 Å². The van der Waals surface area contributed by atoms with Gasteiger partial charge in [0.05, 0.1) is 6.20 Å². The topological polar surface area (TPSA) is 58.4 Å². The van der Waals surface area contributed by atoms with Crippen LogP contribution in [0.3, 0.4) is 0 Å². The van der Waals surface area contributed by atoms with E-state index in [-0.39, 0.29) is 5.91 Å². The lowest BCUT2D eigenvalue weighted by atomic mass is 10.1. The van der Waals surface area contributed by atoms with Crippen LogP contribution in [0.5, 0.6) is 0 Å². The first kappa shape index (κ1) is 19.2. The van der Waals surface area contributed by atoms with Crippen molar-refractivity contribution in [1.82, 2.24) is 14.7 Å². The van der Waals surface area contributed by atoms with E-state index in [2.05, 4.69) is 22.2 Å². The highest BCUT2D eigenvalue weighted by Gasteiger charge is 2.13. The van der Waals surface area contributed by atoms with Crippen LogP contribution in [0, 0.1) is 6.92 Å². The number of allylic oxidation sites excluding steroid dienone is 1. The summed E-state index contributed by atoms with van der Waals surface area (Å²) in [6, 6.07) is 11.7. The summed E-state index contributed by atoms with van der Waals surface area (Å²) in [5, 5.41) is 6.18. The van der Waals surface area contributed by atoms with E-state index in [1.807, 2.05) is 70.3 Å². The molecule has 0 aliphatic heterocycles. The monoisotopic (exact) mass is 350 g/mol. The molecule has 3 aromatic rings. The number of carbonyl (C=O) groups excluding carboxylic acids is 1. The lowest BCUT2D eigenvalue weighted by Gasteiger charge is -2.11. The maximum absolute atomic E-state index is 12.6. The maximum Gasteiger partial charge on any atom is 0.274 e. The van der Waals surface area contributed by atoms with Crippen LogP contribution >= 0.6 is 0 Å². The summed E-state index contributed by atoms with van der Waals surface area (Å²) in [6.07, 6.45) is 3.42. The van der Waals surface area contributed by atoms with Crippen LogP contribution in [0.15, 0.2) is 61.1 Å². The molecular formula is C21H26N4O. The molecule has 0 bridgehead atoms. The van der Waals surface area contributed by atoms with Crippen molar-refractivity contribution < 1.29 is 4.79 Å². The van der Waals surface area contributed by atoms with E-state index in [1.54, 1.807) is 10.6 Å². The van der Waals surface area contributed by atoms with Crippen molar-refractivity contribution in [2.45, 2.75) is 34.2 Å². The molecule has 136 valence electrons. The van der Waals surface area contributed by atoms with Gasteiger partial charge >= 0.3 is 0 Å². The Kier molecular flexibility index (Phi) is 6.55. The van der Waals surface area contributed by atoms with Crippen molar-refractivity contribution in [2.24, 2.45) is 0 Å². The van der Waals surface area contributed by atoms with Gasteiger partial charge in [0.1, 0.15) is 11.3 Å². The van der Waals surface area contributed by atoms with Gasteiger partial charge in [-0.3, -0.25) is 9.20 Å². The molecule has 0 fully saturated rings. The summed E-state index contributed by atoms with van der Waals surface area (Å²) in [5.74, 6) is -0.179. The summed E-state index contributed by atoms with van der Waals surface area (Å²) in [4.78, 5) is 16.9. The maximum atomic E-state index is 12.6. The minimum Gasteiger partial charge on any atom is -0.385 e. The Morgan fingerprint density at radius 3 is 2.73 bits per heavy atom. The number of amides is 1. The van der Waals surface area contributed by atoms with E-state index in [1.165, 1.54) is 0 Å². The van der Waals surface area contributed by atoms with Crippen LogP contribution in [-0.2, 0) is 6.54 Å².